The van der Waals surface area contributed by atoms with Gasteiger partial charge in [-0.15, -0.1) is 0 Å². The lowest BCUT2D eigenvalue weighted by molar-refractivity contribution is -0.115. The van der Waals surface area contributed by atoms with Crippen LogP contribution in [-0.2, 0) is 11.2 Å². The zero-order chi connectivity index (χ0) is 16.6. The molecule has 1 aromatic heterocycles. The highest BCUT2D eigenvalue weighted by Gasteiger charge is 2.14. The molecular weight excluding hydrogens is 427 g/mol. The van der Waals surface area contributed by atoms with Crippen molar-refractivity contribution in [2.24, 2.45) is 0 Å². The zero-order valence-corrected chi connectivity index (χ0v) is 15.4. The Morgan fingerprint density at radius 2 is 2.00 bits per heavy atom. The van der Waals surface area contributed by atoms with Gasteiger partial charge in [0, 0.05) is 25.5 Å². The summed E-state index contributed by atoms with van der Waals surface area (Å²) in [4.78, 5) is 15.5. The number of aromatic amines is 1. The van der Waals surface area contributed by atoms with Gasteiger partial charge < -0.3 is 10.3 Å². The quantitative estimate of drug-likeness (QED) is 0.569. The Bertz CT molecular complexity index is 905. The van der Waals surface area contributed by atoms with Crippen LogP contribution in [0.1, 0.15) is 11.3 Å². The molecule has 0 atom stereocenters. The molecule has 0 radical (unpaired) electrons. The Morgan fingerprint density at radius 3 is 2.78 bits per heavy atom. The Kier molecular flexibility index (Phi) is 4.55. The molecule has 0 aliphatic heterocycles. The van der Waals surface area contributed by atoms with Crippen molar-refractivity contribution in [3.05, 3.63) is 62.4 Å². The molecule has 6 heteroatoms. The van der Waals surface area contributed by atoms with Gasteiger partial charge in [0.2, 0.25) is 5.91 Å². The normalized spacial score (nSPS) is 11.0. The highest BCUT2D eigenvalue weighted by atomic mass is 79.9. The minimum absolute atomic E-state index is 0.155. The number of aromatic nitrogens is 1. The fourth-order valence-corrected chi connectivity index (χ4v) is 3.24. The van der Waals surface area contributed by atoms with Crippen LogP contribution in [0.2, 0.25) is 0 Å². The van der Waals surface area contributed by atoms with Gasteiger partial charge in [0.05, 0.1) is 12.1 Å². The van der Waals surface area contributed by atoms with Gasteiger partial charge in [-0.1, -0.05) is 15.9 Å². The summed E-state index contributed by atoms with van der Waals surface area (Å²) >= 11 is 6.79. The minimum atomic E-state index is -0.312. The molecular formula is C17H13Br2FN2O. The molecule has 3 aromatic rings. The maximum Gasteiger partial charge on any atom is 0.228 e. The predicted octanol–water partition coefficient (Wildman–Crippen LogP) is 5.32. The molecule has 0 saturated heterocycles. The smallest absolute Gasteiger partial charge is 0.228 e. The second-order valence-corrected chi connectivity index (χ2v) is 7.04. The van der Waals surface area contributed by atoms with Crippen LogP contribution in [0.4, 0.5) is 10.1 Å². The number of hydrogen-bond donors (Lipinski definition) is 2. The van der Waals surface area contributed by atoms with E-state index in [1.165, 1.54) is 12.1 Å². The number of benzene rings is 2. The lowest BCUT2D eigenvalue weighted by Gasteiger charge is -2.08. The van der Waals surface area contributed by atoms with E-state index < -0.39 is 0 Å². The van der Waals surface area contributed by atoms with E-state index in [4.69, 9.17) is 0 Å². The Morgan fingerprint density at radius 1 is 1.22 bits per heavy atom. The van der Waals surface area contributed by atoms with Crippen LogP contribution in [0.15, 0.2) is 45.3 Å². The highest BCUT2D eigenvalue weighted by Crippen LogP contribution is 2.27. The Hall–Kier alpha value is -1.66. The van der Waals surface area contributed by atoms with Gasteiger partial charge >= 0.3 is 0 Å². The molecule has 1 amide bonds. The third-order valence-electron chi connectivity index (χ3n) is 3.62. The number of hydrogen-bond acceptors (Lipinski definition) is 1. The van der Waals surface area contributed by atoms with Gasteiger partial charge in [-0.25, -0.2) is 4.39 Å². The maximum atomic E-state index is 13.5. The largest absolute Gasteiger partial charge is 0.358 e. The van der Waals surface area contributed by atoms with E-state index in [0.29, 0.717) is 5.69 Å². The lowest BCUT2D eigenvalue weighted by atomic mass is 10.1. The molecule has 2 aromatic carbocycles. The summed E-state index contributed by atoms with van der Waals surface area (Å²) in [7, 11) is 0. The van der Waals surface area contributed by atoms with Crippen LogP contribution in [-0.4, -0.2) is 10.9 Å². The summed E-state index contributed by atoms with van der Waals surface area (Å²) in [5, 5.41) is 3.61. The Labute approximate surface area is 149 Å². The molecule has 0 aliphatic carbocycles. The van der Waals surface area contributed by atoms with Gasteiger partial charge in [0.1, 0.15) is 5.82 Å². The van der Waals surface area contributed by atoms with Crippen molar-refractivity contribution < 1.29 is 9.18 Å². The van der Waals surface area contributed by atoms with Crippen molar-refractivity contribution in [3.63, 3.8) is 0 Å². The van der Waals surface area contributed by atoms with E-state index in [0.717, 1.165) is 31.1 Å². The number of fused-ring (bicyclic) bond motifs is 1. The van der Waals surface area contributed by atoms with Crippen LogP contribution in [0, 0.1) is 12.7 Å². The third kappa shape index (κ3) is 3.48. The molecule has 0 spiro atoms. The summed E-state index contributed by atoms with van der Waals surface area (Å²) in [5.41, 5.74) is 3.19. The average Bonchev–Trinajstić information content (AvgIpc) is 2.79. The molecule has 1 heterocycles. The van der Waals surface area contributed by atoms with Crippen molar-refractivity contribution in [1.82, 2.24) is 4.98 Å². The van der Waals surface area contributed by atoms with Crippen molar-refractivity contribution in [1.29, 1.82) is 0 Å². The van der Waals surface area contributed by atoms with Gasteiger partial charge in [0.25, 0.3) is 0 Å². The van der Waals surface area contributed by atoms with Crippen LogP contribution in [0.3, 0.4) is 0 Å². The Balaban J connectivity index is 1.87. The number of rotatable bonds is 3. The lowest BCUT2D eigenvalue weighted by Crippen LogP contribution is -2.15. The standard InChI is InChI=1S/C17H13Br2FN2O/c1-9-12(13-7-11(20)3-5-15(13)21-9)8-17(23)22-16-6-10(18)2-4-14(16)19/h2-7,21H,8H2,1H3,(H,22,23). The average molecular weight is 440 g/mol. The first kappa shape index (κ1) is 16.2. The van der Waals surface area contributed by atoms with Crippen LogP contribution >= 0.6 is 31.9 Å². The molecule has 2 N–H and O–H groups in total. The van der Waals surface area contributed by atoms with E-state index in [9.17, 15) is 9.18 Å². The summed E-state index contributed by atoms with van der Waals surface area (Å²) in [6, 6.07) is 10.1. The van der Waals surface area contributed by atoms with Gasteiger partial charge in [-0.2, -0.15) is 0 Å². The van der Waals surface area contributed by atoms with Gasteiger partial charge in [0.15, 0.2) is 0 Å². The molecule has 118 valence electrons. The number of aryl methyl sites for hydroxylation is 1. The minimum Gasteiger partial charge on any atom is -0.358 e. The van der Waals surface area contributed by atoms with Crippen LogP contribution < -0.4 is 5.32 Å². The van der Waals surface area contributed by atoms with Crippen LogP contribution in [0.25, 0.3) is 10.9 Å². The van der Waals surface area contributed by atoms with E-state index in [1.54, 1.807) is 6.07 Å². The van der Waals surface area contributed by atoms with Crippen molar-refractivity contribution in [3.8, 4) is 0 Å². The first-order valence-electron chi connectivity index (χ1n) is 6.95. The van der Waals surface area contributed by atoms with Gasteiger partial charge in [-0.3, -0.25) is 4.79 Å². The monoisotopic (exact) mass is 438 g/mol. The second kappa shape index (κ2) is 6.45. The molecule has 3 nitrogen and oxygen atoms in total. The molecule has 0 unspecified atom stereocenters. The number of anilines is 1. The maximum absolute atomic E-state index is 13.5. The number of halogens is 3. The molecule has 0 saturated carbocycles. The number of carbonyl (C=O) groups is 1. The van der Waals surface area contributed by atoms with Crippen LogP contribution in [0.5, 0.6) is 0 Å². The molecule has 23 heavy (non-hydrogen) atoms. The molecule has 0 fully saturated rings. The van der Waals surface area contributed by atoms with E-state index in [-0.39, 0.29) is 18.1 Å². The summed E-state index contributed by atoms with van der Waals surface area (Å²) in [6.45, 7) is 1.88. The summed E-state index contributed by atoms with van der Waals surface area (Å²) in [6.07, 6.45) is 0.175. The topological polar surface area (TPSA) is 44.9 Å². The third-order valence-corrected chi connectivity index (χ3v) is 4.81. The fourth-order valence-electron chi connectivity index (χ4n) is 2.53. The molecule has 3 rings (SSSR count). The van der Waals surface area contributed by atoms with E-state index in [1.807, 2.05) is 25.1 Å². The number of amides is 1. The first-order chi connectivity index (χ1) is 10.9. The van der Waals surface area contributed by atoms with Crippen molar-refractivity contribution >= 4 is 54.4 Å². The molecule has 0 bridgehead atoms. The SMILES string of the molecule is Cc1[nH]c2ccc(F)cc2c1CC(=O)Nc1cc(Br)ccc1Br. The first-order valence-corrected chi connectivity index (χ1v) is 8.54. The fraction of sp³-hybridized carbons (Fsp3) is 0.118. The zero-order valence-electron chi connectivity index (χ0n) is 12.2. The number of nitrogens with one attached hydrogen (secondary N) is 2. The number of H-pyrrole nitrogens is 1. The highest BCUT2D eigenvalue weighted by molar-refractivity contribution is 9.11. The van der Waals surface area contributed by atoms with Gasteiger partial charge in [-0.05, 0) is 64.8 Å². The van der Waals surface area contributed by atoms with E-state index in [2.05, 4.69) is 42.2 Å². The molecule has 0 aliphatic rings. The predicted molar refractivity (Wildman–Crippen MR) is 97.2 cm³/mol. The number of carbonyl (C=O) groups excluding carboxylic acids is 1. The summed E-state index contributed by atoms with van der Waals surface area (Å²) < 4.78 is 15.2. The van der Waals surface area contributed by atoms with E-state index >= 15 is 0 Å². The van der Waals surface area contributed by atoms with Crippen molar-refractivity contribution in [2.75, 3.05) is 5.32 Å². The van der Waals surface area contributed by atoms with Crippen molar-refractivity contribution in [2.45, 2.75) is 13.3 Å². The summed E-state index contributed by atoms with van der Waals surface area (Å²) in [5.74, 6) is -0.468. The second-order valence-electron chi connectivity index (χ2n) is 5.27.